The quantitative estimate of drug-likeness (QED) is 0.595. The van der Waals surface area contributed by atoms with Gasteiger partial charge in [-0.2, -0.15) is 0 Å². The Morgan fingerprint density at radius 2 is 2.00 bits per heavy atom. The molecule has 0 aliphatic rings. The van der Waals surface area contributed by atoms with E-state index in [-0.39, 0.29) is 23.1 Å². The summed E-state index contributed by atoms with van der Waals surface area (Å²) < 4.78 is 22.9. The van der Waals surface area contributed by atoms with E-state index in [9.17, 15) is 22.8 Å². The first-order chi connectivity index (χ1) is 9.69. The van der Waals surface area contributed by atoms with Crippen LogP contribution in [0.4, 0.5) is 0 Å². The van der Waals surface area contributed by atoms with E-state index in [1.807, 2.05) is 0 Å². The van der Waals surface area contributed by atoms with E-state index in [0.29, 0.717) is 0 Å². The molecule has 0 bridgehead atoms. The number of hydrogen-bond acceptors (Lipinski definition) is 5. The number of carbonyl (C=O) groups is 1. The Bertz CT molecular complexity index is 941. The lowest BCUT2D eigenvalue weighted by atomic mass is 10.2. The molecular weight excluding hydrogens is 302 g/mol. The van der Waals surface area contributed by atoms with Crippen molar-refractivity contribution in [2.75, 3.05) is 5.75 Å². The van der Waals surface area contributed by atoms with Gasteiger partial charge in [0.2, 0.25) is 10.0 Å². The maximum absolute atomic E-state index is 11.8. The molecule has 10 heteroatoms. The zero-order valence-electron chi connectivity index (χ0n) is 10.6. The third kappa shape index (κ3) is 3.17. The van der Waals surface area contributed by atoms with Gasteiger partial charge in [0.25, 0.3) is 0 Å². The number of primary sulfonamides is 1. The van der Waals surface area contributed by atoms with E-state index in [0.717, 1.165) is 4.57 Å². The maximum Gasteiger partial charge on any atom is 0.335 e. The summed E-state index contributed by atoms with van der Waals surface area (Å²) in [4.78, 5) is 36.6. The summed E-state index contributed by atoms with van der Waals surface area (Å²) in [5.74, 6) is -1.77. The molecule has 112 valence electrons. The van der Waals surface area contributed by atoms with Gasteiger partial charge in [-0.05, 0) is 18.2 Å². The molecule has 0 fully saturated rings. The maximum atomic E-state index is 11.8. The summed E-state index contributed by atoms with van der Waals surface area (Å²) in [6.07, 6.45) is 0. The van der Waals surface area contributed by atoms with Crippen molar-refractivity contribution in [2.24, 2.45) is 5.14 Å². The molecule has 0 saturated heterocycles. The summed E-state index contributed by atoms with van der Waals surface area (Å²) in [6, 6.07) is 3.76. The summed E-state index contributed by atoms with van der Waals surface area (Å²) in [5.41, 5.74) is -1.67. The smallest absolute Gasteiger partial charge is 0.335 e. The van der Waals surface area contributed by atoms with Gasteiger partial charge in [-0.3, -0.25) is 9.59 Å². The third-order valence-corrected chi connectivity index (χ3v) is 3.57. The number of nitrogens with one attached hydrogen (secondary N) is 1. The molecule has 0 unspecified atom stereocenters. The molecule has 0 atom stereocenters. The van der Waals surface area contributed by atoms with Gasteiger partial charge in [-0.25, -0.2) is 18.4 Å². The van der Waals surface area contributed by atoms with Crippen molar-refractivity contribution in [3.05, 3.63) is 44.5 Å². The van der Waals surface area contributed by atoms with Gasteiger partial charge in [-0.15, -0.1) is 0 Å². The number of nitrogens with two attached hydrogens (primary N) is 1. The average molecular weight is 313 g/mol. The van der Waals surface area contributed by atoms with Crippen LogP contribution in [0.5, 0.6) is 0 Å². The molecule has 2 rings (SSSR count). The Morgan fingerprint density at radius 1 is 1.33 bits per heavy atom. The standard InChI is InChI=1S/C11H11N3O6S/c12-21(19,20)4-3-14-8-5-6(11(17)18)1-2-7(8)13-9(15)10(14)16/h1-2,5H,3-4H2,(H,13,15)(H,17,18)(H2,12,19,20). The largest absolute Gasteiger partial charge is 0.478 e. The molecule has 1 aromatic carbocycles. The Balaban J connectivity index is 2.72. The van der Waals surface area contributed by atoms with Gasteiger partial charge in [0.15, 0.2) is 0 Å². The highest BCUT2D eigenvalue weighted by Crippen LogP contribution is 2.11. The number of H-pyrrole nitrogens is 1. The molecule has 0 aliphatic carbocycles. The highest BCUT2D eigenvalue weighted by molar-refractivity contribution is 7.89. The van der Waals surface area contributed by atoms with E-state index in [4.69, 9.17) is 10.2 Å². The zero-order valence-corrected chi connectivity index (χ0v) is 11.4. The van der Waals surface area contributed by atoms with Crippen LogP contribution < -0.4 is 16.3 Å². The van der Waals surface area contributed by atoms with Crippen LogP contribution in [0, 0.1) is 0 Å². The van der Waals surface area contributed by atoms with E-state index in [1.165, 1.54) is 18.2 Å². The molecule has 2 aromatic rings. The summed E-state index contributed by atoms with van der Waals surface area (Å²) in [5, 5.41) is 13.8. The minimum atomic E-state index is -3.84. The first-order valence-corrected chi connectivity index (χ1v) is 7.41. The number of aryl methyl sites for hydroxylation is 1. The highest BCUT2D eigenvalue weighted by atomic mass is 32.2. The Kier molecular flexibility index (Phi) is 3.66. The molecule has 4 N–H and O–H groups in total. The molecule has 0 radical (unpaired) electrons. The fourth-order valence-corrected chi connectivity index (χ4v) is 2.28. The molecule has 1 aromatic heterocycles. The number of sulfonamides is 1. The van der Waals surface area contributed by atoms with Crippen LogP contribution in [-0.4, -0.2) is 34.8 Å². The van der Waals surface area contributed by atoms with Crippen LogP contribution in [-0.2, 0) is 16.6 Å². The number of hydrogen-bond donors (Lipinski definition) is 3. The highest BCUT2D eigenvalue weighted by Gasteiger charge is 2.12. The van der Waals surface area contributed by atoms with Crippen molar-refractivity contribution in [2.45, 2.75) is 6.54 Å². The zero-order chi connectivity index (χ0) is 15.8. The van der Waals surface area contributed by atoms with Crippen molar-refractivity contribution in [3.63, 3.8) is 0 Å². The first kappa shape index (κ1) is 14.9. The Hall–Kier alpha value is -2.46. The van der Waals surface area contributed by atoms with Crippen molar-refractivity contribution >= 4 is 27.0 Å². The number of aromatic carboxylic acids is 1. The van der Waals surface area contributed by atoms with Crippen LogP contribution in [0.3, 0.4) is 0 Å². The number of fused-ring (bicyclic) bond motifs is 1. The van der Waals surface area contributed by atoms with Crippen LogP contribution in [0.15, 0.2) is 27.8 Å². The first-order valence-electron chi connectivity index (χ1n) is 5.70. The Labute approximate surface area is 117 Å². The fourth-order valence-electron chi connectivity index (χ4n) is 1.84. The summed E-state index contributed by atoms with van der Waals surface area (Å²) >= 11 is 0. The van der Waals surface area contributed by atoms with Crippen LogP contribution >= 0.6 is 0 Å². The van der Waals surface area contributed by atoms with Gasteiger partial charge in [-0.1, -0.05) is 0 Å². The average Bonchev–Trinajstić information content (AvgIpc) is 2.37. The van der Waals surface area contributed by atoms with Crippen molar-refractivity contribution in [1.29, 1.82) is 0 Å². The predicted molar refractivity (Wildman–Crippen MR) is 73.8 cm³/mol. The van der Waals surface area contributed by atoms with E-state index < -0.39 is 32.9 Å². The predicted octanol–water partition coefficient (Wildman–Crippen LogP) is -1.32. The second kappa shape index (κ2) is 5.14. The lowest BCUT2D eigenvalue weighted by Crippen LogP contribution is -2.38. The van der Waals surface area contributed by atoms with Gasteiger partial charge >= 0.3 is 17.1 Å². The van der Waals surface area contributed by atoms with Crippen LogP contribution in [0.25, 0.3) is 11.0 Å². The number of nitrogens with zero attached hydrogens (tertiary/aromatic N) is 1. The van der Waals surface area contributed by atoms with Gasteiger partial charge in [0.1, 0.15) is 0 Å². The molecule has 21 heavy (non-hydrogen) atoms. The minimum absolute atomic E-state index is 0.0988. The topological polar surface area (TPSA) is 152 Å². The molecule has 0 amide bonds. The molecule has 0 saturated carbocycles. The molecular formula is C11H11N3O6S. The van der Waals surface area contributed by atoms with E-state index >= 15 is 0 Å². The minimum Gasteiger partial charge on any atom is -0.478 e. The number of aromatic amines is 1. The molecule has 1 heterocycles. The second-order valence-corrected chi connectivity index (χ2v) is 6.05. The lowest BCUT2D eigenvalue weighted by molar-refractivity contribution is 0.0697. The molecule has 0 aliphatic heterocycles. The van der Waals surface area contributed by atoms with Gasteiger partial charge in [0.05, 0.1) is 22.3 Å². The normalized spacial score (nSPS) is 11.7. The monoisotopic (exact) mass is 313 g/mol. The lowest BCUT2D eigenvalue weighted by Gasteiger charge is -2.09. The fraction of sp³-hybridized carbons (Fsp3) is 0.182. The van der Waals surface area contributed by atoms with Crippen molar-refractivity contribution < 1.29 is 18.3 Å². The van der Waals surface area contributed by atoms with Crippen LogP contribution in [0.2, 0.25) is 0 Å². The summed E-state index contributed by atoms with van der Waals surface area (Å²) in [6.45, 7) is -0.346. The number of aromatic nitrogens is 2. The molecule has 9 nitrogen and oxygen atoms in total. The number of rotatable bonds is 4. The van der Waals surface area contributed by atoms with Gasteiger partial charge < -0.3 is 14.7 Å². The Morgan fingerprint density at radius 3 is 2.57 bits per heavy atom. The van der Waals surface area contributed by atoms with Crippen LogP contribution in [0.1, 0.15) is 10.4 Å². The van der Waals surface area contributed by atoms with E-state index in [2.05, 4.69) is 4.98 Å². The van der Waals surface area contributed by atoms with Crippen molar-refractivity contribution in [3.8, 4) is 0 Å². The number of benzene rings is 1. The third-order valence-electron chi connectivity index (χ3n) is 2.82. The van der Waals surface area contributed by atoms with Gasteiger partial charge in [0, 0.05) is 6.54 Å². The molecule has 0 spiro atoms. The summed E-state index contributed by atoms with van der Waals surface area (Å²) in [7, 11) is -3.84. The number of carboxylic acid groups (broad SMARTS) is 1. The van der Waals surface area contributed by atoms with E-state index in [1.54, 1.807) is 0 Å². The van der Waals surface area contributed by atoms with Crippen molar-refractivity contribution in [1.82, 2.24) is 9.55 Å². The number of carboxylic acids is 1. The SMILES string of the molecule is NS(=O)(=O)CCn1c(=O)c(=O)[nH]c2ccc(C(=O)O)cc21. The second-order valence-electron chi connectivity index (χ2n) is 4.31.